The molecule has 0 spiro atoms. The first-order valence-electron chi connectivity index (χ1n) is 10.7. The molecule has 0 aliphatic rings. The topological polar surface area (TPSA) is 38.0 Å². The van der Waals surface area contributed by atoms with Crippen LogP contribution in [0, 0.1) is 0 Å². The lowest BCUT2D eigenvalue weighted by Crippen LogP contribution is -2.33. The fourth-order valence-corrected chi connectivity index (χ4v) is 3.10. The second kappa shape index (κ2) is 20.0. The minimum atomic E-state index is 0.478. The van der Waals surface area contributed by atoms with Crippen LogP contribution in [0.4, 0.5) is 0 Å². The largest absolute Gasteiger partial charge is 0.329 e. The first-order chi connectivity index (χ1) is 11.3. The smallest absolute Gasteiger partial charge is 0.0161 e. The fraction of sp³-hybridized carbons (Fsp3) is 1.00. The van der Waals surface area contributed by atoms with E-state index in [2.05, 4.69) is 19.2 Å². The van der Waals surface area contributed by atoms with Gasteiger partial charge in [0.25, 0.3) is 0 Å². The molecule has 2 nitrogen and oxygen atoms in total. The number of hydrogen-bond donors (Lipinski definition) is 2. The molecule has 0 heterocycles. The molecular weight excluding hydrogens is 280 g/mol. The van der Waals surface area contributed by atoms with E-state index in [1.165, 1.54) is 103 Å². The average molecular weight is 327 g/mol. The minimum Gasteiger partial charge on any atom is -0.329 e. The molecule has 0 aliphatic carbocycles. The maximum Gasteiger partial charge on any atom is 0.0161 e. The molecule has 0 radical (unpaired) electrons. The summed E-state index contributed by atoms with van der Waals surface area (Å²) in [6.45, 7) is 6.34. The van der Waals surface area contributed by atoms with E-state index in [1.54, 1.807) is 0 Å². The van der Waals surface area contributed by atoms with Crippen molar-refractivity contribution in [3.8, 4) is 0 Å². The van der Waals surface area contributed by atoms with Gasteiger partial charge < -0.3 is 11.1 Å². The number of nitrogens with two attached hydrogens (primary N) is 1. The van der Waals surface area contributed by atoms with E-state index in [1.807, 2.05) is 0 Å². The van der Waals surface area contributed by atoms with Gasteiger partial charge in [-0.3, -0.25) is 0 Å². The zero-order chi connectivity index (χ0) is 17.0. The highest BCUT2D eigenvalue weighted by atomic mass is 14.9. The maximum atomic E-state index is 5.58. The Morgan fingerprint density at radius 1 is 0.609 bits per heavy atom. The molecule has 1 atom stereocenters. The lowest BCUT2D eigenvalue weighted by Gasteiger charge is -2.10. The Bertz CT molecular complexity index is 206. The zero-order valence-electron chi connectivity index (χ0n) is 16.4. The summed E-state index contributed by atoms with van der Waals surface area (Å²) in [5.41, 5.74) is 5.58. The van der Waals surface area contributed by atoms with Crippen molar-refractivity contribution in [2.75, 3.05) is 13.1 Å². The molecule has 3 N–H and O–H groups in total. The molecule has 0 aromatic rings. The molecular formula is C21H46N2. The third-order valence-electron chi connectivity index (χ3n) is 4.88. The van der Waals surface area contributed by atoms with E-state index in [0.717, 1.165) is 13.1 Å². The second-order valence-electron chi connectivity index (χ2n) is 7.39. The number of rotatable bonds is 19. The summed E-state index contributed by atoms with van der Waals surface area (Å²) in [7, 11) is 0. The summed E-state index contributed by atoms with van der Waals surface area (Å²) in [5.74, 6) is 0. The highest BCUT2D eigenvalue weighted by Gasteiger charge is 1.97. The van der Waals surface area contributed by atoms with Crippen molar-refractivity contribution in [3.05, 3.63) is 0 Å². The van der Waals surface area contributed by atoms with E-state index in [-0.39, 0.29) is 0 Å². The third kappa shape index (κ3) is 19.9. The Hall–Kier alpha value is -0.0800. The van der Waals surface area contributed by atoms with Gasteiger partial charge in [-0.25, -0.2) is 0 Å². The van der Waals surface area contributed by atoms with Crippen LogP contribution in [-0.4, -0.2) is 19.1 Å². The van der Waals surface area contributed by atoms with Crippen molar-refractivity contribution < 1.29 is 0 Å². The molecule has 0 bridgehead atoms. The van der Waals surface area contributed by atoms with Crippen LogP contribution in [-0.2, 0) is 0 Å². The van der Waals surface area contributed by atoms with Crippen molar-refractivity contribution in [2.24, 2.45) is 5.73 Å². The normalized spacial score (nSPS) is 12.7. The standard InChI is InChI=1S/C21H46N2/c1-3-4-5-6-7-8-9-10-11-12-13-14-15-16-17-18-19-23-21(2)20-22/h21,23H,3-20,22H2,1-2H3. The van der Waals surface area contributed by atoms with Gasteiger partial charge >= 0.3 is 0 Å². The Kier molecular flexibility index (Phi) is 19.9. The van der Waals surface area contributed by atoms with Crippen molar-refractivity contribution in [1.29, 1.82) is 0 Å². The Morgan fingerprint density at radius 3 is 1.30 bits per heavy atom. The molecule has 1 unspecified atom stereocenters. The summed E-state index contributed by atoms with van der Waals surface area (Å²) in [6, 6.07) is 0.478. The Labute approximate surface area is 147 Å². The number of unbranched alkanes of at least 4 members (excludes halogenated alkanes) is 15. The van der Waals surface area contributed by atoms with Crippen LogP contribution in [0.1, 0.15) is 117 Å². The molecule has 0 saturated heterocycles. The van der Waals surface area contributed by atoms with E-state index in [9.17, 15) is 0 Å². The molecule has 0 rings (SSSR count). The first kappa shape index (κ1) is 22.9. The summed E-state index contributed by atoms with van der Waals surface area (Å²) in [4.78, 5) is 0. The predicted octanol–water partition coefficient (Wildman–Crippen LogP) is 6.18. The van der Waals surface area contributed by atoms with Crippen molar-refractivity contribution >= 4 is 0 Å². The summed E-state index contributed by atoms with van der Waals surface area (Å²) < 4.78 is 0. The zero-order valence-corrected chi connectivity index (χ0v) is 16.4. The van der Waals surface area contributed by atoms with Crippen molar-refractivity contribution in [1.82, 2.24) is 5.32 Å². The van der Waals surface area contributed by atoms with Gasteiger partial charge in [-0.1, -0.05) is 103 Å². The molecule has 0 amide bonds. The van der Waals surface area contributed by atoms with Crippen LogP contribution in [0.5, 0.6) is 0 Å². The van der Waals surface area contributed by atoms with Gasteiger partial charge in [0.2, 0.25) is 0 Å². The third-order valence-corrected chi connectivity index (χ3v) is 4.88. The molecule has 23 heavy (non-hydrogen) atoms. The van der Waals surface area contributed by atoms with E-state index < -0.39 is 0 Å². The van der Waals surface area contributed by atoms with Crippen LogP contribution in [0.15, 0.2) is 0 Å². The Balaban J connectivity index is 2.97. The van der Waals surface area contributed by atoms with Gasteiger partial charge in [-0.2, -0.15) is 0 Å². The van der Waals surface area contributed by atoms with Crippen molar-refractivity contribution in [3.63, 3.8) is 0 Å². The molecule has 0 aromatic heterocycles. The molecule has 140 valence electrons. The van der Waals surface area contributed by atoms with E-state index in [0.29, 0.717) is 6.04 Å². The molecule has 0 saturated carbocycles. The highest BCUT2D eigenvalue weighted by molar-refractivity contribution is 4.60. The van der Waals surface area contributed by atoms with Crippen LogP contribution < -0.4 is 11.1 Å². The van der Waals surface area contributed by atoms with Crippen LogP contribution in [0.2, 0.25) is 0 Å². The lowest BCUT2D eigenvalue weighted by atomic mass is 10.0. The van der Waals surface area contributed by atoms with Gasteiger partial charge in [0.05, 0.1) is 0 Å². The number of hydrogen-bond acceptors (Lipinski definition) is 2. The minimum absolute atomic E-state index is 0.478. The SMILES string of the molecule is CCCCCCCCCCCCCCCCCCNC(C)CN. The van der Waals surface area contributed by atoms with E-state index >= 15 is 0 Å². The van der Waals surface area contributed by atoms with Gasteiger partial charge in [0.15, 0.2) is 0 Å². The highest BCUT2D eigenvalue weighted by Crippen LogP contribution is 2.13. The quantitative estimate of drug-likeness (QED) is 0.278. The van der Waals surface area contributed by atoms with Gasteiger partial charge in [-0.05, 0) is 19.9 Å². The first-order valence-corrected chi connectivity index (χ1v) is 10.7. The summed E-state index contributed by atoms with van der Waals surface area (Å²) in [5, 5.41) is 3.46. The van der Waals surface area contributed by atoms with Crippen LogP contribution >= 0.6 is 0 Å². The lowest BCUT2D eigenvalue weighted by molar-refractivity contribution is 0.507. The summed E-state index contributed by atoms with van der Waals surface area (Å²) >= 11 is 0. The molecule has 0 aliphatic heterocycles. The molecule has 0 aromatic carbocycles. The molecule has 2 heteroatoms. The van der Waals surface area contributed by atoms with Gasteiger partial charge in [0.1, 0.15) is 0 Å². The van der Waals surface area contributed by atoms with Crippen LogP contribution in [0.25, 0.3) is 0 Å². The Morgan fingerprint density at radius 2 is 0.957 bits per heavy atom. The second-order valence-corrected chi connectivity index (χ2v) is 7.39. The molecule has 0 fully saturated rings. The average Bonchev–Trinajstić information content (AvgIpc) is 2.57. The maximum absolute atomic E-state index is 5.58. The van der Waals surface area contributed by atoms with E-state index in [4.69, 9.17) is 5.73 Å². The van der Waals surface area contributed by atoms with Crippen LogP contribution in [0.3, 0.4) is 0 Å². The monoisotopic (exact) mass is 326 g/mol. The fourth-order valence-electron chi connectivity index (χ4n) is 3.10. The summed E-state index contributed by atoms with van der Waals surface area (Å²) in [6.07, 6.45) is 23.0. The van der Waals surface area contributed by atoms with Gasteiger partial charge in [0, 0.05) is 12.6 Å². The van der Waals surface area contributed by atoms with Crippen molar-refractivity contribution in [2.45, 2.75) is 123 Å². The van der Waals surface area contributed by atoms with Gasteiger partial charge in [-0.15, -0.1) is 0 Å². The number of nitrogens with one attached hydrogen (secondary N) is 1. The predicted molar refractivity (Wildman–Crippen MR) is 106 cm³/mol.